The van der Waals surface area contributed by atoms with Crippen molar-refractivity contribution >= 4 is 29.0 Å². The number of aromatic nitrogens is 2. The molecule has 26 heavy (non-hydrogen) atoms. The predicted octanol–water partition coefficient (Wildman–Crippen LogP) is 3.97. The van der Waals surface area contributed by atoms with Crippen LogP contribution in [0, 0.1) is 0 Å². The van der Waals surface area contributed by atoms with E-state index < -0.39 is 0 Å². The molecule has 0 aliphatic carbocycles. The topological polar surface area (TPSA) is 50.2 Å². The molecule has 1 aliphatic heterocycles. The van der Waals surface area contributed by atoms with Gasteiger partial charge in [-0.05, 0) is 36.4 Å². The molecule has 2 aromatic carbocycles. The van der Waals surface area contributed by atoms with Crippen molar-refractivity contribution in [2.45, 2.75) is 11.7 Å². The molecule has 1 amide bonds. The molecule has 0 unspecified atom stereocenters. The molecule has 1 N–H and O–H groups in total. The van der Waals surface area contributed by atoms with Gasteiger partial charge in [-0.1, -0.05) is 23.9 Å². The van der Waals surface area contributed by atoms with Crippen LogP contribution in [-0.2, 0) is 6.54 Å². The van der Waals surface area contributed by atoms with Gasteiger partial charge in [-0.2, -0.15) is 0 Å². The number of carbonyl (C=O) groups excluding carboxylic acids is 1. The molecule has 1 aliphatic rings. The van der Waals surface area contributed by atoms with E-state index in [0.717, 1.165) is 40.1 Å². The van der Waals surface area contributed by atoms with E-state index in [9.17, 15) is 4.79 Å². The van der Waals surface area contributed by atoms with Crippen molar-refractivity contribution in [3.8, 4) is 11.3 Å². The van der Waals surface area contributed by atoms with Gasteiger partial charge in [0.2, 0.25) is 0 Å². The Hall–Kier alpha value is -2.73. The highest BCUT2D eigenvalue weighted by Crippen LogP contribution is 2.29. The van der Waals surface area contributed by atoms with E-state index in [-0.39, 0.29) is 5.91 Å². The third-order valence-electron chi connectivity index (χ3n) is 4.39. The molecule has 0 radical (unpaired) electrons. The number of fused-ring (bicyclic) bond motifs is 1. The molecule has 4 rings (SSSR count). The van der Waals surface area contributed by atoms with Gasteiger partial charge in [0.1, 0.15) is 0 Å². The van der Waals surface area contributed by atoms with Crippen LogP contribution in [0.25, 0.3) is 11.3 Å². The Bertz CT molecular complexity index is 908. The molecular weight excluding hydrogens is 344 g/mol. The largest absolute Gasteiger partial charge is 0.378 e. The van der Waals surface area contributed by atoms with E-state index in [2.05, 4.69) is 21.1 Å². The van der Waals surface area contributed by atoms with Gasteiger partial charge in [0.15, 0.2) is 5.16 Å². The van der Waals surface area contributed by atoms with Crippen LogP contribution in [0.1, 0.15) is 10.4 Å². The summed E-state index contributed by atoms with van der Waals surface area (Å²) in [5.74, 6) is 0.990. The van der Waals surface area contributed by atoms with Crippen LogP contribution in [0.2, 0.25) is 0 Å². The Labute approximate surface area is 157 Å². The fourth-order valence-electron chi connectivity index (χ4n) is 2.89. The van der Waals surface area contributed by atoms with Crippen LogP contribution in [0.5, 0.6) is 0 Å². The van der Waals surface area contributed by atoms with Crippen LogP contribution in [0.4, 0.5) is 11.4 Å². The summed E-state index contributed by atoms with van der Waals surface area (Å²) in [5.41, 5.74) is 4.51. The molecule has 3 aromatic rings. The van der Waals surface area contributed by atoms with Crippen LogP contribution in [0.15, 0.2) is 59.9 Å². The van der Waals surface area contributed by atoms with Gasteiger partial charge < -0.3 is 14.8 Å². The number of aryl methyl sites for hydroxylation is 1. The highest BCUT2D eigenvalue weighted by Gasteiger charge is 2.15. The zero-order valence-electron chi connectivity index (χ0n) is 14.8. The number of amides is 1. The van der Waals surface area contributed by atoms with E-state index in [0.29, 0.717) is 5.56 Å². The van der Waals surface area contributed by atoms with Crippen LogP contribution in [0.3, 0.4) is 0 Å². The summed E-state index contributed by atoms with van der Waals surface area (Å²) < 4.78 is 2.19. The summed E-state index contributed by atoms with van der Waals surface area (Å²) in [7, 11) is 3.95. The summed E-state index contributed by atoms with van der Waals surface area (Å²) in [6.07, 6.45) is 2.09. The molecule has 0 atom stereocenters. The second-order valence-electron chi connectivity index (χ2n) is 6.42. The number of hydrogen-bond acceptors (Lipinski definition) is 4. The fraction of sp³-hybridized carbons (Fsp3) is 0.200. The second-order valence-corrected chi connectivity index (χ2v) is 7.49. The predicted molar refractivity (Wildman–Crippen MR) is 107 cm³/mol. The lowest BCUT2D eigenvalue weighted by Gasteiger charge is -2.12. The standard InChI is InChI=1S/C20H20N4OS/c1-23(2)17-9-5-15(6-10-17)19(25)21-16-7-3-14(4-8-16)18-13-24-11-12-26-20(24)22-18/h3-10,13H,11-12H2,1-2H3,(H,21,25). The number of hydrogen-bond donors (Lipinski definition) is 1. The smallest absolute Gasteiger partial charge is 0.255 e. The molecule has 5 nitrogen and oxygen atoms in total. The van der Waals surface area contributed by atoms with E-state index >= 15 is 0 Å². The normalized spacial score (nSPS) is 12.7. The van der Waals surface area contributed by atoms with Crippen molar-refractivity contribution in [3.05, 3.63) is 60.3 Å². The van der Waals surface area contributed by atoms with Gasteiger partial charge in [0, 0.05) is 55.1 Å². The Kier molecular flexibility index (Phi) is 4.42. The van der Waals surface area contributed by atoms with Crippen LogP contribution >= 0.6 is 11.8 Å². The number of nitrogens with zero attached hydrogens (tertiary/aromatic N) is 3. The highest BCUT2D eigenvalue weighted by atomic mass is 32.2. The highest BCUT2D eigenvalue weighted by molar-refractivity contribution is 7.99. The lowest BCUT2D eigenvalue weighted by Crippen LogP contribution is -2.13. The third-order valence-corrected chi connectivity index (χ3v) is 5.36. The van der Waals surface area contributed by atoms with Gasteiger partial charge in [-0.25, -0.2) is 4.98 Å². The zero-order chi connectivity index (χ0) is 18.1. The maximum atomic E-state index is 12.4. The number of benzene rings is 2. The van der Waals surface area contributed by atoms with Crippen molar-refractivity contribution in [1.82, 2.24) is 9.55 Å². The number of carbonyl (C=O) groups is 1. The first-order valence-electron chi connectivity index (χ1n) is 8.49. The van der Waals surface area contributed by atoms with Gasteiger partial charge in [0.05, 0.1) is 5.69 Å². The summed E-state index contributed by atoms with van der Waals surface area (Å²) in [6, 6.07) is 15.4. The minimum Gasteiger partial charge on any atom is -0.378 e. The van der Waals surface area contributed by atoms with Crippen molar-refractivity contribution in [3.63, 3.8) is 0 Å². The average Bonchev–Trinajstić information content (AvgIpc) is 3.24. The first-order valence-corrected chi connectivity index (χ1v) is 9.48. The van der Waals surface area contributed by atoms with E-state index in [4.69, 9.17) is 0 Å². The van der Waals surface area contributed by atoms with Crippen molar-refractivity contribution < 1.29 is 4.79 Å². The number of thioether (sulfide) groups is 1. The molecule has 2 heterocycles. The average molecular weight is 364 g/mol. The first kappa shape index (κ1) is 16.7. The molecule has 0 spiro atoms. The second kappa shape index (κ2) is 6.88. The molecule has 0 fully saturated rings. The molecule has 132 valence electrons. The van der Waals surface area contributed by atoms with E-state index in [1.165, 1.54) is 0 Å². The number of rotatable bonds is 4. The van der Waals surface area contributed by atoms with Gasteiger partial charge in [-0.15, -0.1) is 0 Å². The Morgan fingerprint density at radius 2 is 1.85 bits per heavy atom. The van der Waals surface area contributed by atoms with E-state index in [1.54, 1.807) is 11.8 Å². The number of imidazole rings is 1. The molecule has 0 saturated carbocycles. The Morgan fingerprint density at radius 1 is 1.12 bits per heavy atom. The fourth-order valence-corrected chi connectivity index (χ4v) is 3.83. The molecule has 1 aromatic heterocycles. The van der Waals surface area contributed by atoms with E-state index in [1.807, 2.05) is 67.5 Å². The SMILES string of the molecule is CN(C)c1ccc(C(=O)Nc2ccc(-c3cn4c(n3)SCC4)cc2)cc1. The maximum absolute atomic E-state index is 12.4. The number of nitrogens with one attached hydrogen (secondary N) is 1. The lowest BCUT2D eigenvalue weighted by molar-refractivity contribution is 0.102. The molecule has 0 bridgehead atoms. The van der Waals surface area contributed by atoms with Crippen molar-refractivity contribution in [2.24, 2.45) is 0 Å². The van der Waals surface area contributed by atoms with Gasteiger partial charge >= 0.3 is 0 Å². The minimum atomic E-state index is -0.111. The summed E-state index contributed by atoms with van der Waals surface area (Å²) in [5, 5.41) is 4.02. The van der Waals surface area contributed by atoms with Gasteiger partial charge in [0.25, 0.3) is 5.91 Å². The first-order chi connectivity index (χ1) is 12.6. The summed E-state index contributed by atoms with van der Waals surface area (Å²) >= 11 is 1.79. The lowest BCUT2D eigenvalue weighted by atomic mass is 10.1. The van der Waals surface area contributed by atoms with Crippen molar-refractivity contribution in [1.29, 1.82) is 0 Å². The molecule has 0 saturated heterocycles. The third kappa shape index (κ3) is 3.32. The van der Waals surface area contributed by atoms with Crippen molar-refractivity contribution in [2.75, 3.05) is 30.1 Å². The summed E-state index contributed by atoms with van der Waals surface area (Å²) in [6.45, 7) is 1.02. The Balaban J connectivity index is 1.45. The van der Waals surface area contributed by atoms with Crippen LogP contribution in [-0.4, -0.2) is 35.3 Å². The number of anilines is 2. The zero-order valence-corrected chi connectivity index (χ0v) is 15.6. The summed E-state index contributed by atoms with van der Waals surface area (Å²) in [4.78, 5) is 19.1. The molecule has 6 heteroatoms. The maximum Gasteiger partial charge on any atom is 0.255 e. The minimum absolute atomic E-state index is 0.111. The Morgan fingerprint density at radius 3 is 2.50 bits per heavy atom. The molecular formula is C20H20N4OS. The van der Waals surface area contributed by atoms with Gasteiger partial charge in [-0.3, -0.25) is 4.79 Å². The quantitative estimate of drug-likeness (QED) is 0.761. The van der Waals surface area contributed by atoms with Crippen LogP contribution < -0.4 is 10.2 Å². The monoisotopic (exact) mass is 364 g/mol.